The summed E-state index contributed by atoms with van der Waals surface area (Å²) in [7, 11) is 0. The fraction of sp³-hybridized carbons (Fsp3) is 0.450. The molecule has 4 rings (SSSR count). The third-order valence-electron chi connectivity index (χ3n) is 5.31. The van der Waals surface area contributed by atoms with Gasteiger partial charge in [-0.25, -0.2) is 0 Å². The van der Waals surface area contributed by atoms with Gasteiger partial charge in [0.25, 0.3) is 11.7 Å². The molecule has 8 heteroatoms. The van der Waals surface area contributed by atoms with E-state index in [4.69, 9.17) is 0 Å². The SMILES string of the molecule is O=C(NC1CCCC1)c1nnn(-c2ccc(NC(=O)[C@H]3CC=CCC3)cc2)n1. The normalized spacial score (nSPS) is 19.5. The number of nitrogens with one attached hydrogen (secondary N) is 2. The van der Waals surface area contributed by atoms with Gasteiger partial charge >= 0.3 is 0 Å². The zero-order chi connectivity index (χ0) is 19.3. The van der Waals surface area contributed by atoms with Crippen molar-refractivity contribution in [2.24, 2.45) is 5.92 Å². The van der Waals surface area contributed by atoms with Crippen LogP contribution in [0.2, 0.25) is 0 Å². The Hall–Kier alpha value is -3.03. The van der Waals surface area contributed by atoms with Crippen LogP contribution < -0.4 is 10.6 Å². The minimum atomic E-state index is -0.288. The number of rotatable bonds is 5. The lowest BCUT2D eigenvalue weighted by atomic mass is 9.93. The molecule has 0 radical (unpaired) electrons. The Morgan fingerprint density at radius 3 is 2.54 bits per heavy atom. The van der Waals surface area contributed by atoms with E-state index < -0.39 is 0 Å². The fourth-order valence-corrected chi connectivity index (χ4v) is 3.69. The Morgan fingerprint density at radius 1 is 1.04 bits per heavy atom. The maximum absolute atomic E-state index is 12.3. The van der Waals surface area contributed by atoms with E-state index in [1.54, 1.807) is 24.3 Å². The molecule has 1 fully saturated rings. The average Bonchev–Trinajstić information content (AvgIpc) is 3.41. The number of amides is 2. The number of anilines is 1. The van der Waals surface area contributed by atoms with Gasteiger partial charge in [0.2, 0.25) is 5.91 Å². The molecule has 0 aliphatic heterocycles. The van der Waals surface area contributed by atoms with Crippen LogP contribution in [0.15, 0.2) is 36.4 Å². The van der Waals surface area contributed by atoms with E-state index in [0.29, 0.717) is 5.69 Å². The lowest BCUT2D eigenvalue weighted by Crippen LogP contribution is -2.33. The van der Waals surface area contributed by atoms with Crippen LogP contribution in [0.4, 0.5) is 5.69 Å². The Morgan fingerprint density at radius 2 is 1.82 bits per heavy atom. The van der Waals surface area contributed by atoms with E-state index in [1.165, 1.54) is 4.80 Å². The van der Waals surface area contributed by atoms with Crippen molar-refractivity contribution in [1.29, 1.82) is 0 Å². The first-order valence-corrected chi connectivity index (χ1v) is 9.86. The minimum Gasteiger partial charge on any atom is -0.346 e. The minimum absolute atomic E-state index is 0.0302. The smallest absolute Gasteiger partial charge is 0.293 e. The van der Waals surface area contributed by atoms with E-state index in [0.717, 1.165) is 50.6 Å². The molecule has 1 saturated carbocycles. The summed E-state index contributed by atoms with van der Waals surface area (Å²) in [4.78, 5) is 25.9. The third-order valence-corrected chi connectivity index (χ3v) is 5.31. The highest BCUT2D eigenvalue weighted by atomic mass is 16.2. The van der Waals surface area contributed by atoms with Gasteiger partial charge in [0.05, 0.1) is 5.69 Å². The van der Waals surface area contributed by atoms with Crippen molar-refractivity contribution >= 4 is 17.5 Å². The third kappa shape index (κ3) is 4.27. The van der Waals surface area contributed by atoms with Crippen molar-refractivity contribution in [1.82, 2.24) is 25.5 Å². The Kier molecular flexibility index (Phi) is 5.45. The number of nitrogens with zero attached hydrogens (tertiary/aromatic N) is 4. The molecule has 28 heavy (non-hydrogen) atoms. The lowest BCUT2D eigenvalue weighted by molar-refractivity contribution is -0.120. The first-order chi connectivity index (χ1) is 13.7. The van der Waals surface area contributed by atoms with E-state index >= 15 is 0 Å². The van der Waals surface area contributed by atoms with E-state index in [2.05, 4.69) is 38.2 Å². The van der Waals surface area contributed by atoms with Gasteiger partial charge in [-0.15, -0.1) is 15.0 Å². The van der Waals surface area contributed by atoms with Crippen molar-refractivity contribution in [3.63, 3.8) is 0 Å². The number of benzene rings is 1. The van der Waals surface area contributed by atoms with Crippen molar-refractivity contribution in [3.05, 3.63) is 42.2 Å². The topological polar surface area (TPSA) is 102 Å². The molecule has 0 saturated heterocycles. The Balaban J connectivity index is 1.37. The summed E-state index contributed by atoms with van der Waals surface area (Å²) in [5.41, 5.74) is 1.40. The second-order valence-corrected chi connectivity index (χ2v) is 7.37. The highest BCUT2D eigenvalue weighted by Crippen LogP contribution is 2.21. The van der Waals surface area contributed by atoms with Gasteiger partial charge in [0.15, 0.2) is 0 Å². The number of tetrazole rings is 1. The van der Waals surface area contributed by atoms with Crippen LogP contribution >= 0.6 is 0 Å². The molecule has 2 N–H and O–H groups in total. The summed E-state index contributed by atoms with van der Waals surface area (Å²) in [6, 6.07) is 7.39. The molecule has 0 bridgehead atoms. The van der Waals surface area contributed by atoms with Gasteiger partial charge in [-0.2, -0.15) is 0 Å². The van der Waals surface area contributed by atoms with Crippen LogP contribution in [-0.4, -0.2) is 38.1 Å². The lowest BCUT2D eigenvalue weighted by Gasteiger charge is -2.17. The van der Waals surface area contributed by atoms with Gasteiger partial charge in [-0.3, -0.25) is 9.59 Å². The molecule has 2 aliphatic rings. The first-order valence-electron chi connectivity index (χ1n) is 9.86. The predicted octanol–water partition coefficient (Wildman–Crippen LogP) is 2.63. The Bertz CT molecular complexity index is 867. The molecular formula is C20H24N6O2. The quantitative estimate of drug-likeness (QED) is 0.777. The summed E-state index contributed by atoms with van der Waals surface area (Å²) < 4.78 is 0. The average molecular weight is 380 g/mol. The highest BCUT2D eigenvalue weighted by Gasteiger charge is 2.21. The van der Waals surface area contributed by atoms with Crippen LogP contribution in [0.1, 0.15) is 55.6 Å². The molecule has 2 amide bonds. The number of hydrogen-bond acceptors (Lipinski definition) is 5. The molecule has 8 nitrogen and oxygen atoms in total. The summed E-state index contributed by atoms with van der Waals surface area (Å²) in [5.74, 6) is -0.150. The molecule has 1 heterocycles. The van der Waals surface area contributed by atoms with Gasteiger partial charge < -0.3 is 10.6 Å². The molecule has 146 valence electrons. The predicted molar refractivity (Wildman–Crippen MR) is 104 cm³/mol. The second kappa shape index (κ2) is 8.33. The molecule has 1 atom stereocenters. The van der Waals surface area contributed by atoms with Crippen molar-refractivity contribution in [2.45, 2.75) is 51.0 Å². The summed E-state index contributed by atoms with van der Waals surface area (Å²) >= 11 is 0. The molecule has 2 aromatic rings. The summed E-state index contributed by atoms with van der Waals surface area (Å²) in [5, 5.41) is 17.9. The Labute approximate surface area is 163 Å². The zero-order valence-corrected chi connectivity index (χ0v) is 15.7. The summed E-state index contributed by atoms with van der Waals surface area (Å²) in [6.45, 7) is 0. The highest BCUT2D eigenvalue weighted by molar-refractivity contribution is 5.92. The van der Waals surface area contributed by atoms with E-state index in [1.807, 2.05) is 0 Å². The van der Waals surface area contributed by atoms with E-state index in [9.17, 15) is 9.59 Å². The number of allylic oxidation sites excluding steroid dienone is 2. The van der Waals surface area contributed by atoms with E-state index in [-0.39, 0.29) is 29.6 Å². The monoisotopic (exact) mass is 380 g/mol. The van der Waals surface area contributed by atoms with Gasteiger partial charge in [0, 0.05) is 17.6 Å². The van der Waals surface area contributed by atoms with Crippen LogP contribution in [0.3, 0.4) is 0 Å². The number of carbonyl (C=O) groups excluding carboxylic acids is 2. The first kappa shape index (κ1) is 18.3. The van der Waals surface area contributed by atoms with Crippen molar-refractivity contribution < 1.29 is 9.59 Å². The molecular weight excluding hydrogens is 356 g/mol. The van der Waals surface area contributed by atoms with Crippen molar-refractivity contribution in [3.8, 4) is 5.69 Å². The maximum Gasteiger partial charge on any atom is 0.293 e. The zero-order valence-electron chi connectivity index (χ0n) is 15.7. The van der Waals surface area contributed by atoms with Crippen LogP contribution in [-0.2, 0) is 4.79 Å². The van der Waals surface area contributed by atoms with Crippen LogP contribution in [0, 0.1) is 5.92 Å². The van der Waals surface area contributed by atoms with Gasteiger partial charge in [-0.05, 0) is 61.6 Å². The number of hydrogen-bond donors (Lipinski definition) is 2. The molecule has 2 aliphatic carbocycles. The molecule has 0 spiro atoms. The van der Waals surface area contributed by atoms with Crippen LogP contribution in [0.25, 0.3) is 5.69 Å². The standard InChI is InChI=1S/C20H24N6O2/c27-19(14-6-2-1-3-7-14)21-16-10-12-17(13-11-16)26-24-18(23-25-26)20(28)22-15-8-4-5-9-15/h1-2,10-15H,3-9H2,(H,21,27)(H,22,28)/t14-/m0/s1. The fourth-order valence-electron chi connectivity index (χ4n) is 3.69. The number of carbonyl (C=O) groups is 2. The van der Waals surface area contributed by atoms with Crippen molar-refractivity contribution in [2.75, 3.05) is 5.32 Å². The second-order valence-electron chi connectivity index (χ2n) is 7.37. The molecule has 1 aromatic carbocycles. The van der Waals surface area contributed by atoms with Gasteiger partial charge in [-0.1, -0.05) is 25.0 Å². The van der Waals surface area contributed by atoms with Gasteiger partial charge in [0.1, 0.15) is 0 Å². The van der Waals surface area contributed by atoms with Crippen LogP contribution in [0.5, 0.6) is 0 Å². The maximum atomic E-state index is 12.3. The molecule has 1 aromatic heterocycles. The largest absolute Gasteiger partial charge is 0.346 e. The summed E-state index contributed by atoms with van der Waals surface area (Å²) in [6.07, 6.45) is 11.1. The number of aromatic nitrogens is 4. The molecule has 0 unspecified atom stereocenters.